The van der Waals surface area contributed by atoms with Crippen molar-refractivity contribution >= 4 is 43.8 Å². The third-order valence-corrected chi connectivity index (χ3v) is 3.38. The van der Waals surface area contributed by atoms with Crippen molar-refractivity contribution in [3.05, 3.63) is 32.2 Å². The van der Waals surface area contributed by atoms with E-state index < -0.39 is 5.91 Å². The van der Waals surface area contributed by atoms with E-state index in [1.54, 1.807) is 12.1 Å². The highest BCUT2D eigenvalue weighted by molar-refractivity contribution is 9.11. The smallest absolute Gasteiger partial charge is 0.262 e. The normalized spacial score (nSPS) is 11.0. The van der Waals surface area contributed by atoms with Crippen molar-refractivity contribution < 1.29 is 14.6 Å². The molecule has 0 aliphatic rings. The fraction of sp³-hybridized carbons (Fsp3) is 0.231. The van der Waals surface area contributed by atoms with Crippen molar-refractivity contribution in [2.75, 3.05) is 20.3 Å². The molecule has 0 fully saturated rings. The van der Waals surface area contributed by atoms with Gasteiger partial charge in [-0.1, -0.05) is 15.9 Å². The number of halogens is 2. The Morgan fingerprint density at radius 1 is 1.55 bits per heavy atom. The molecule has 1 aromatic carbocycles. The first-order valence-corrected chi connectivity index (χ1v) is 7.15. The number of hydrogen-bond acceptors (Lipinski definition) is 4. The number of phenolic OH excluding ortho intramolecular Hbond substituents is 1. The first-order chi connectivity index (χ1) is 9.49. The summed E-state index contributed by atoms with van der Waals surface area (Å²) in [5, 5.41) is 21.5. The number of hydrogen-bond donors (Lipinski definition) is 2. The van der Waals surface area contributed by atoms with Gasteiger partial charge >= 0.3 is 0 Å². The molecule has 0 aliphatic carbocycles. The van der Waals surface area contributed by atoms with Crippen LogP contribution in [0.25, 0.3) is 6.08 Å². The van der Waals surface area contributed by atoms with Crippen LogP contribution in [-0.2, 0) is 9.53 Å². The molecule has 5 nitrogen and oxygen atoms in total. The van der Waals surface area contributed by atoms with Gasteiger partial charge in [-0.15, -0.1) is 0 Å². The van der Waals surface area contributed by atoms with E-state index in [0.29, 0.717) is 27.7 Å². The van der Waals surface area contributed by atoms with Crippen LogP contribution in [0.15, 0.2) is 26.7 Å². The summed E-state index contributed by atoms with van der Waals surface area (Å²) in [4.78, 5) is 11.8. The van der Waals surface area contributed by atoms with Crippen LogP contribution in [0.3, 0.4) is 0 Å². The second-order valence-electron chi connectivity index (χ2n) is 3.74. The van der Waals surface area contributed by atoms with Gasteiger partial charge in [-0.05, 0) is 34.1 Å². The number of aromatic hydroxyl groups is 1. The van der Waals surface area contributed by atoms with Crippen molar-refractivity contribution in [2.45, 2.75) is 0 Å². The van der Waals surface area contributed by atoms with Crippen molar-refractivity contribution in [2.24, 2.45) is 0 Å². The second-order valence-corrected chi connectivity index (χ2v) is 5.51. The quantitative estimate of drug-likeness (QED) is 0.449. The third-order valence-electron chi connectivity index (χ3n) is 2.31. The summed E-state index contributed by atoms with van der Waals surface area (Å²) >= 11 is 6.46. The lowest BCUT2D eigenvalue weighted by molar-refractivity contribution is -0.117. The van der Waals surface area contributed by atoms with Crippen molar-refractivity contribution in [3.8, 4) is 11.8 Å². The summed E-state index contributed by atoms with van der Waals surface area (Å²) in [5.41, 5.74) is 0.270. The Bertz CT molecular complexity index is 580. The summed E-state index contributed by atoms with van der Waals surface area (Å²) < 4.78 is 5.99. The van der Waals surface area contributed by atoms with Crippen LogP contribution in [0.4, 0.5) is 0 Å². The number of nitrogens with zero attached hydrogens (tertiary/aromatic N) is 1. The molecule has 0 saturated carbocycles. The van der Waals surface area contributed by atoms with E-state index in [1.165, 1.54) is 13.2 Å². The predicted octanol–water partition coefficient (Wildman–Crippen LogP) is 2.59. The Morgan fingerprint density at radius 2 is 2.25 bits per heavy atom. The molecule has 106 valence electrons. The molecule has 0 radical (unpaired) electrons. The van der Waals surface area contributed by atoms with Crippen LogP contribution < -0.4 is 5.32 Å². The van der Waals surface area contributed by atoms with Crippen LogP contribution >= 0.6 is 31.9 Å². The van der Waals surface area contributed by atoms with Gasteiger partial charge in [0.05, 0.1) is 11.1 Å². The SMILES string of the molecule is COCCNC(=O)/C(C#N)=C/c1cc(Br)cc(Br)c1O. The summed E-state index contributed by atoms with van der Waals surface area (Å²) in [7, 11) is 1.52. The van der Waals surface area contributed by atoms with Crippen molar-refractivity contribution in [1.29, 1.82) is 5.26 Å². The van der Waals surface area contributed by atoms with Gasteiger partial charge in [0.15, 0.2) is 0 Å². The summed E-state index contributed by atoms with van der Waals surface area (Å²) in [6, 6.07) is 5.08. The van der Waals surface area contributed by atoms with E-state index in [4.69, 9.17) is 10.00 Å². The predicted molar refractivity (Wildman–Crippen MR) is 82.0 cm³/mol. The zero-order valence-electron chi connectivity index (χ0n) is 10.6. The lowest BCUT2D eigenvalue weighted by Crippen LogP contribution is -2.27. The molecule has 0 aliphatic heterocycles. The molecule has 20 heavy (non-hydrogen) atoms. The molecule has 7 heteroatoms. The molecule has 0 saturated heterocycles. The third kappa shape index (κ3) is 4.63. The summed E-state index contributed by atoms with van der Waals surface area (Å²) in [5.74, 6) is -0.550. The number of rotatable bonds is 5. The van der Waals surface area contributed by atoms with Crippen molar-refractivity contribution in [3.63, 3.8) is 0 Å². The molecule has 0 bridgehead atoms. The molecule has 0 heterocycles. The molecule has 0 aromatic heterocycles. The Kier molecular flexibility index (Phi) is 6.71. The maximum absolute atomic E-state index is 11.8. The van der Waals surface area contributed by atoms with Gasteiger partial charge in [0, 0.05) is 23.7 Å². The van der Waals surface area contributed by atoms with Gasteiger partial charge in [0.1, 0.15) is 17.4 Å². The number of amides is 1. The monoisotopic (exact) mass is 402 g/mol. The second kappa shape index (κ2) is 8.04. The van der Waals surface area contributed by atoms with E-state index in [2.05, 4.69) is 37.2 Å². The highest BCUT2D eigenvalue weighted by Gasteiger charge is 2.11. The van der Waals surface area contributed by atoms with Gasteiger partial charge in [-0.3, -0.25) is 4.79 Å². The number of nitrogens with one attached hydrogen (secondary N) is 1. The van der Waals surface area contributed by atoms with Gasteiger partial charge in [0.25, 0.3) is 5.91 Å². The maximum atomic E-state index is 11.8. The van der Waals surface area contributed by atoms with Gasteiger partial charge in [-0.25, -0.2) is 0 Å². The van der Waals surface area contributed by atoms with E-state index in [9.17, 15) is 9.90 Å². The van der Waals surface area contributed by atoms with Gasteiger partial charge < -0.3 is 15.2 Å². The fourth-order valence-corrected chi connectivity index (χ4v) is 2.62. The zero-order valence-corrected chi connectivity index (χ0v) is 13.8. The van der Waals surface area contributed by atoms with E-state index in [1.807, 2.05) is 6.07 Å². The minimum absolute atomic E-state index is 0.0364. The molecule has 0 unspecified atom stereocenters. The Labute approximate surface area is 133 Å². The minimum atomic E-state index is -0.514. The van der Waals surface area contributed by atoms with Gasteiger partial charge in [0.2, 0.25) is 0 Å². The number of carbonyl (C=O) groups excluding carboxylic acids is 1. The van der Waals surface area contributed by atoms with E-state index in [-0.39, 0.29) is 11.3 Å². The highest BCUT2D eigenvalue weighted by Crippen LogP contribution is 2.32. The first kappa shape index (κ1) is 16.7. The van der Waals surface area contributed by atoms with Crippen LogP contribution in [-0.4, -0.2) is 31.3 Å². The molecular formula is C13H12Br2N2O3. The Morgan fingerprint density at radius 3 is 2.85 bits per heavy atom. The molecule has 0 atom stereocenters. The standard InChI is InChI=1S/C13H12Br2N2O3/c1-20-3-2-17-13(19)9(7-16)4-8-5-10(14)6-11(15)12(8)18/h4-6,18H,2-3H2,1H3,(H,17,19)/b9-4+. The molecule has 2 N–H and O–H groups in total. The minimum Gasteiger partial charge on any atom is -0.506 e. The number of benzene rings is 1. The lowest BCUT2D eigenvalue weighted by Gasteiger charge is -2.06. The molecule has 1 rings (SSSR count). The van der Waals surface area contributed by atoms with Crippen LogP contribution in [0.1, 0.15) is 5.56 Å². The molecular weight excluding hydrogens is 392 g/mol. The zero-order chi connectivity index (χ0) is 15.1. The highest BCUT2D eigenvalue weighted by atomic mass is 79.9. The van der Waals surface area contributed by atoms with E-state index in [0.717, 1.165) is 0 Å². The first-order valence-electron chi connectivity index (χ1n) is 5.56. The lowest BCUT2D eigenvalue weighted by atomic mass is 10.1. The number of ether oxygens (including phenoxy) is 1. The van der Waals surface area contributed by atoms with Crippen LogP contribution in [0, 0.1) is 11.3 Å². The molecule has 1 amide bonds. The summed E-state index contributed by atoms with van der Waals surface area (Å²) in [6.07, 6.45) is 1.33. The fourth-order valence-electron chi connectivity index (χ4n) is 1.36. The van der Waals surface area contributed by atoms with Crippen LogP contribution in [0.2, 0.25) is 0 Å². The number of phenols is 1. The summed E-state index contributed by atoms with van der Waals surface area (Å²) in [6.45, 7) is 0.667. The van der Waals surface area contributed by atoms with E-state index >= 15 is 0 Å². The average Bonchev–Trinajstić information content (AvgIpc) is 2.41. The number of methoxy groups -OCH3 is 1. The maximum Gasteiger partial charge on any atom is 0.262 e. The topological polar surface area (TPSA) is 82.3 Å². The Hall–Kier alpha value is -1.36. The molecule has 0 spiro atoms. The van der Waals surface area contributed by atoms with Crippen molar-refractivity contribution in [1.82, 2.24) is 5.32 Å². The average molecular weight is 404 g/mol. The van der Waals surface area contributed by atoms with Gasteiger partial charge in [-0.2, -0.15) is 5.26 Å². The Balaban J connectivity index is 3.01. The van der Waals surface area contributed by atoms with Crippen LogP contribution in [0.5, 0.6) is 5.75 Å². The molecule has 1 aromatic rings. The largest absolute Gasteiger partial charge is 0.506 e. The number of carbonyl (C=O) groups is 1. The number of nitriles is 1.